The number of carbonyl (C=O) groups excluding carboxylic acids is 1. The van der Waals surface area contributed by atoms with Gasteiger partial charge in [-0.15, -0.1) is 0 Å². The number of ether oxygens (including phenoxy) is 1. The van der Waals surface area contributed by atoms with Crippen LogP contribution >= 0.6 is 22.9 Å². The largest absolute Gasteiger partial charge is 0.484 e. The molecule has 0 atom stereocenters. The molecule has 5 nitrogen and oxygen atoms in total. The van der Waals surface area contributed by atoms with Gasteiger partial charge in [0.1, 0.15) is 11.3 Å². The molecular formula is C20H20ClN3O2S. The fraction of sp³-hybridized carbons (Fsp3) is 0.300. The molecule has 2 aromatic carbocycles. The van der Waals surface area contributed by atoms with Gasteiger partial charge in [0.25, 0.3) is 5.91 Å². The average Bonchev–Trinajstić information content (AvgIpc) is 3.13. The van der Waals surface area contributed by atoms with E-state index in [0.717, 1.165) is 39.8 Å². The summed E-state index contributed by atoms with van der Waals surface area (Å²) in [7, 11) is 0. The zero-order valence-electron chi connectivity index (χ0n) is 15.0. The Balaban J connectivity index is 1.34. The molecule has 1 aliphatic heterocycles. The van der Waals surface area contributed by atoms with Crippen LogP contribution in [0.3, 0.4) is 0 Å². The van der Waals surface area contributed by atoms with Gasteiger partial charge in [0.15, 0.2) is 11.7 Å². The fourth-order valence-electron chi connectivity index (χ4n) is 3.13. The number of fused-ring (bicyclic) bond motifs is 1. The molecule has 7 heteroatoms. The molecule has 1 fully saturated rings. The first-order valence-electron chi connectivity index (χ1n) is 8.88. The molecule has 0 unspecified atom stereocenters. The second kappa shape index (κ2) is 7.74. The topological polar surface area (TPSA) is 45.7 Å². The van der Waals surface area contributed by atoms with Crippen molar-refractivity contribution in [2.75, 3.05) is 37.7 Å². The van der Waals surface area contributed by atoms with E-state index in [4.69, 9.17) is 16.3 Å². The first-order chi connectivity index (χ1) is 13.1. The van der Waals surface area contributed by atoms with Crippen LogP contribution in [0.2, 0.25) is 5.02 Å². The van der Waals surface area contributed by atoms with E-state index in [1.807, 2.05) is 54.3 Å². The van der Waals surface area contributed by atoms with E-state index in [1.54, 1.807) is 11.3 Å². The lowest BCUT2D eigenvalue weighted by molar-refractivity contribution is -0.133. The molecular weight excluding hydrogens is 382 g/mol. The number of nitrogens with zero attached hydrogens (tertiary/aromatic N) is 3. The Kier molecular flexibility index (Phi) is 5.18. The SMILES string of the molecule is Cc1ccccc1OCC(=O)N1CCN(c2nc3c(Cl)cccc3s2)CC1. The van der Waals surface area contributed by atoms with Crippen LogP contribution in [-0.4, -0.2) is 48.6 Å². The predicted octanol–water partition coefficient (Wildman–Crippen LogP) is 3.99. The maximum atomic E-state index is 12.5. The Labute approximate surface area is 167 Å². The van der Waals surface area contributed by atoms with Gasteiger partial charge >= 0.3 is 0 Å². The van der Waals surface area contributed by atoms with Gasteiger partial charge in [0.2, 0.25) is 0 Å². The highest BCUT2D eigenvalue weighted by molar-refractivity contribution is 7.22. The summed E-state index contributed by atoms with van der Waals surface area (Å²) in [5, 5.41) is 1.64. The zero-order valence-corrected chi connectivity index (χ0v) is 16.6. The Bertz CT molecular complexity index is 967. The molecule has 2 heterocycles. The Morgan fingerprint density at radius 3 is 2.67 bits per heavy atom. The van der Waals surface area contributed by atoms with Crippen LogP contribution in [-0.2, 0) is 4.79 Å². The third-order valence-electron chi connectivity index (χ3n) is 4.71. The minimum Gasteiger partial charge on any atom is -0.484 e. The van der Waals surface area contributed by atoms with Crippen LogP contribution in [0, 0.1) is 6.92 Å². The number of amides is 1. The Hall–Kier alpha value is -2.31. The normalized spacial score (nSPS) is 14.6. The lowest BCUT2D eigenvalue weighted by Gasteiger charge is -2.34. The van der Waals surface area contributed by atoms with Gasteiger partial charge in [-0.25, -0.2) is 4.98 Å². The van der Waals surface area contributed by atoms with E-state index in [9.17, 15) is 4.79 Å². The summed E-state index contributed by atoms with van der Waals surface area (Å²) in [6.45, 7) is 4.89. The standard InChI is InChI=1S/C20H20ClN3O2S/c1-14-5-2-3-7-16(14)26-13-18(25)23-9-11-24(12-10-23)20-22-19-15(21)6-4-8-17(19)27-20/h2-8H,9-13H2,1H3. The van der Waals surface area contributed by atoms with E-state index in [2.05, 4.69) is 9.88 Å². The maximum Gasteiger partial charge on any atom is 0.260 e. The van der Waals surface area contributed by atoms with Crippen molar-refractivity contribution in [2.24, 2.45) is 0 Å². The summed E-state index contributed by atoms with van der Waals surface area (Å²) in [6, 6.07) is 13.6. The van der Waals surface area contributed by atoms with Crippen LogP contribution in [0.25, 0.3) is 10.2 Å². The second-order valence-corrected chi connectivity index (χ2v) is 7.92. The molecule has 1 aliphatic rings. The van der Waals surface area contributed by atoms with Crippen molar-refractivity contribution in [3.63, 3.8) is 0 Å². The summed E-state index contributed by atoms with van der Waals surface area (Å²) in [4.78, 5) is 21.2. The van der Waals surface area contributed by atoms with Crippen LogP contribution < -0.4 is 9.64 Å². The summed E-state index contributed by atoms with van der Waals surface area (Å²) in [5.41, 5.74) is 1.88. The number of thiazole rings is 1. The summed E-state index contributed by atoms with van der Waals surface area (Å²) in [5.74, 6) is 0.779. The number of benzene rings is 2. The van der Waals surface area contributed by atoms with Crippen molar-refractivity contribution in [2.45, 2.75) is 6.92 Å². The van der Waals surface area contributed by atoms with E-state index in [0.29, 0.717) is 18.1 Å². The van der Waals surface area contributed by atoms with Gasteiger partial charge in [-0.1, -0.05) is 47.2 Å². The van der Waals surface area contributed by atoms with Crippen LogP contribution in [0.1, 0.15) is 5.56 Å². The van der Waals surface area contributed by atoms with Gasteiger partial charge in [-0.2, -0.15) is 0 Å². The number of piperazine rings is 1. The van der Waals surface area contributed by atoms with E-state index in [1.165, 1.54) is 0 Å². The van der Waals surface area contributed by atoms with Crippen LogP contribution in [0.15, 0.2) is 42.5 Å². The molecule has 0 saturated carbocycles. The molecule has 0 spiro atoms. The van der Waals surface area contributed by atoms with Crippen molar-refractivity contribution in [3.05, 3.63) is 53.1 Å². The quantitative estimate of drug-likeness (QED) is 0.663. The number of rotatable bonds is 4. The zero-order chi connectivity index (χ0) is 18.8. The lowest BCUT2D eigenvalue weighted by atomic mass is 10.2. The molecule has 0 bridgehead atoms. The molecule has 4 rings (SSSR count). The smallest absolute Gasteiger partial charge is 0.260 e. The number of halogens is 1. The third-order valence-corrected chi connectivity index (χ3v) is 6.09. The van der Waals surface area contributed by atoms with Gasteiger partial charge in [0.05, 0.1) is 9.72 Å². The number of hydrogen-bond acceptors (Lipinski definition) is 5. The Morgan fingerprint density at radius 2 is 1.93 bits per heavy atom. The van der Waals surface area contributed by atoms with Crippen molar-refractivity contribution < 1.29 is 9.53 Å². The van der Waals surface area contributed by atoms with Crippen molar-refractivity contribution >= 4 is 44.2 Å². The average molecular weight is 402 g/mol. The number of para-hydroxylation sites is 2. The first kappa shape index (κ1) is 18.1. The number of carbonyl (C=O) groups is 1. The van der Waals surface area contributed by atoms with E-state index < -0.39 is 0 Å². The molecule has 1 aromatic heterocycles. The van der Waals surface area contributed by atoms with Crippen molar-refractivity contribution in [3.8, 4) is 5.75 Å². The summed E-state index contributed by atoms with van der Waals surface area (Å²) in [6.07, 6.45) is 0. The molecule has 1 amide bonds. The summed E-state index contributed by atoms with van der Waals surface area (Å²) >= 11 is 7.87. The molecule has 0 aliphatic carbocycles. The van der Waals surface area contributed by atoms with Gasteiger partial charge in [-0.3, -0.25) is 4.79 Å². The fourth-order valence-corrected chi connectivity index (χ4v) is 4.45. The molecule has 27 heavy (non-hydrogen) atoms. The number of aryl methyl sites for hydroxylation is 1. The first-order valence-corrected chi connectivity index (χ1v) is 10.1. The maximum absolute atomic E-state index is 12.5. The molecule has 0 N–H and O–H groups in total. The van der Waals surface area contributed by atoms with Crippen LogP contribution in [0.4, 0.5) is 5.13 Å². The van der Waals surface area contributed by atoms with E-state index >= 15 is 0 Å². The number of aromatic nitrogens is 1. The Morgan fingerprint density at radius 1 is 1.15 bits per heavy atom. The molecule has 140 valence electrons. The monoisotopic (exact) mass is 401 g/mol. The highest BCUT2D eigenvalue weighted by atomic mass is 35.5. The minimum atomic E-state index is 0.0187. The molecule has 3 aromatic rings. The van der Waals surface area contributed by atoms with Gasteiger partial charge in [-0.05, 0) is 30.7 Å². The number of hydrogen-bond donors (Lipinski definition) is 0. The highest BCUT2D eigenvalue weighted by Gasteiger charge is 2.23. The molecule has 1 saturated heterocycles. The number of anilines is 1. The lowest BCUT2D eigenvalue weighted by Crippen LogP contribution is -2.50. The van der Waals surface area contributed by atoms with Gasteiger partial charge < -0.3 is 14.5 Å². The van der Waals surface area contributed by atoms with Gasteiger partial charge in [0, 0.05) is 26.2 Å². The third kappa shape index (κ3) is 3.87. The van der Waals surface area contributed by atoms with E-state index in [-0.39, 0.29) is 12.5 Å². The molecule has 0 radical (unpaired) electrons. The summed E-state index contributed by atoms with van der Waals surface area (Å²) < 4.78 is 6.77. The minimum absolute atomic E-state index is 0.0187. The van der Waals surface area contributed by atoms with Crippen molar-refractivity contribution in [1.82, 2.24) is 9.88 Å². The predicted molar refractivity (Wildman–Crippen MR) is 110 cm³/mol. The van der Waals surface area contributed by atoms with Crippen LogP contribution in [0.5, 0.6) is 5.75 Å². The van der Waals surface area contributed by atoms with Crippen molar-refractivity contribution in [1.29, 1.82) is 0 Å². The highest BCUT2D eigenvalue weighted by Crippen LogP contribution is 2.33. The second-order valence-electron chi connectivity index (χ2n) is 6.51.